The molecule has 0 fully saturated rings. The van der Waals surface area contributed by atoms with Gasteiger partial charge in [0.1, 0.15) is 23.2 Å². The summed E-state index contributed by atoms with van der Waals surface area (Å²) in [5, 5.41) is 15.1. The number of ether oxygens (including phenoxy) is 1. The molecule has 6 nitrogen and oxygen atoms in total. The monoisotopic (exact) mass is 449 g/mol. The van der Waals surface area contributed by atoms with Crippen molar-refractivity contribution >= 4 is 40.9 Å². The van der Waals surface area contributed by atoms with Gasteiger partial charge in [-0.05, 0) is 72.3 Å². The highest BCUT2D eigenvalue weighted by atomic mass is 35.5. The van der Waals surface area contributed by atoms with Crippen LogP contribution in [0.2, 0.25) is 5.02 Å². The smallest absolute Gasteiger partial charge is 0.266 e. The fraction of sp³-hybridized carbons (Fsp3) is 0.0417. The van der Waals surface area contributed by atoms with E-state index in [1.54, 1.807) is 48.5 Å². The molecule has 2 amide bonds. The standard InChI is InChI=1S/C24H17ClFN3O3/c25-18-3-7-20(8-4-18)28-23(30)15-32-22-11-1-16(2-12-22)13-17(14-27)24(31)29-21-9-5-19(26)6-10-21/h1-13H,15H2,(H,28,30)(H,29,31)/b17-13+. The van der Waals surface area contributed by atoms with Gasteiger partial charge in [-0.1, -0.05) is 23.7 Å². The van der Waals surface area contributed by atoms with E-state index in [0.717, 1.165) is 0 Å². The second-order valence-electron chi connectivity index (χ2n) is 6.54. The number of anilines is 2. The fourth-order valence-electron chi connectivity index (χ4n) is 2.59. The highest BCUT2D eigenvalue weighted by Crippen LogP contribution is 2.17. The predicted octanol–water partition coefficient (Wildman–Crippen LogP) is 5.04. The van der Waals surface area contributed by atoms with Crippen LogP contribution in [0.25, 0.3) is 6.08 Å². The number of nitriles is 1. The van der Waals surface area contributed by atoms with Gasteiger partial charge in [0.2, 0.25) is 0 Å². The van der Waals surface area contributed by atoms with Crippen LogP contribution in [0.3, 0.4) is 0 Å². The molecule has 0 unspecified atom stereocenters. The molecule has 32 heavy (non-hydrogen) atoms. The van der Waals surface area contributed by atoms with Crippen LogP contribution in [0.1, 0.15) is 5.56 Å². The first-order valence-electron chi connectivity index (χ1n) is 9.40. The molecule has 0 aliphatic heterocycles. The van der Waals surface area contributed by atoms with Crippen molar-refractivity contribution in [3.63, 3.8) is 0 Å². The van der Waals surface area contributed by atoms with E-state index in [9.17, 15) is 19.2 Å². The van der Waals surface area contributed by atoms with E-state index in [1.165, 1.54) is 30.3 Å². The lowest BCUT2D eigenvalue weighted by atomic mass is 10.1. The Bertz CT molecular complexity index is 1170. The molecular weight excluding hydrogens is 433 g/mol. The summed E-state index contributed by atoms with van der Waals surface area (Å²) >= 11 is 5.81. The second-order valence-corrected chi connectivity index (χ2v) is 6.98. The number of nitrogens with one attached hydrogen (secondary N) is 2. The van der Waals surface area contributed by atoms with Crippen LogP contribution in [-0.2, 0) is 9.59 Å². The number of hydrogen-bond donors (Lipinski definition) is 2. The summed E-state index contributed by atoms with van der Waals surface area (Å²) in [6.07, 6.45) is 1.41. The van der Waals surface area contributed by atoms with Gasteiger partial charge < -0.3 is 15.4 Å². The van der Waals surface area contributed by atoms with Crippen molar-refractivity contribution in [2.24, 2.45) is 0 Å². The molecule has 0 saturated heterocycles. The van der Waals surface area contributed by atoms with Crippen molar-refractivity contribution < 1.29 is 18.7 Å². The van der Waals surface area contributed by atoms with E-state index in [1.807, 2.05) is 6.07 Å². The van der Waals surface area contributed by atoms with Gasteiger partial charge in [0.25, 0.3) is 11.8 Å². The Hall–Kier alpha value is -4.15. The topological polar surface area (TPSA) is 91.2 Å². The van der Waals surface area contributed by atoms with Crippen LogP contribution < -0.4 is 15.4 Å². The zero-order valence-corrected chi connectivity index (χ0v) is 17.4. The number of nitrogens with zero attached hydrogens (tertiary/aromatic N) is 1. The first-order valence-corrected chi connectivity index (χ1v) is 9.78. The van der Waals surface area contributed by atoms with Crippen LogP contribution in [0.5, 0.6) is 5.75 Å². The first-order chi connectivity index (χ1) is 15.4. The Morgan fingerprint density at radius 2 is 1.53 bits per heavy atom. The van der Waals surface area contributed by atoms with Crippen LogP contribution in [-0.4, -0.2) is 18.4 Å². The van der Waals surface area contributed by atoms with Gasteiger partial charge in [-0.15, -0.1) is 0 Å². The Kier molecular flexibility index (Phi) is 7.57. The van der Waals surface area contributed by atoms with Crippen molar-refractivity contribution in [3.8, 4) is 11.8 Å². The average molecular weight is 450 g/mol. The summed E-state index contributed by atoms with van der Waals surface area (Å²) < 4.78 is 18.4. The van der Waals surface area contributed by atoms with Crippen LogP contribution in [0.15, 0.2) is 78.4 Å². The van der Waals surface area contributed by atoms with Crippen molar-refractivity contribution in [1.29, 1.82) is 5.26 Å². The lowest BCUT2D eigenvalue weighted by molar-refractivity contribution is -0.118. The summed E-state index contributed by atoms with van der Waals surface area (Å²) in [6.45, 7) is -0.193. The van der Waals surface area contributed by atoms with Crippen molar-refractivity contribution in [2.75, 3.05) is 17.2 Å². The minimum atomic E-state index is -0.613. The molecule has 8 heteroatoms. The minimum absolute atomic E-state index is 0.120. The SMILES string of the molecule is N#C/C(=C\c1ccc(OCC(=O)Nc2ccc(Cl)cc2)cc1)C(=O)Nc1ccc(F)cc1. The first kappa shape index (κ1) is 22.5. The molecule has 0 aliphatic rings. The van der Waals surface area contributed by atoms with Crippen LogP contribution >= 0.6 is 11.6 Å². The van der Waals surface area contributed by atoms with Gasteiger partial charge in [-0.3, -0.25) is 9.59 Å². The average Bonchev–Trinajstić information content (AvgIpc) is 2.80. The Labute approximate surface area is 188 Å². The summed E-state index contributed by atoms with van der Waals surface area (Å²) in [5.74, 6) is -0.926. The largest absolute Gasteiger partial charge is 0.484 e. The minimum Gasteiger partial charge on any atom is -0.484 e. The number of amides is 2. The third kappa shape index (κ3) is 6.69. The Balaban J connectivity index is 1.56. The van der Waals surface area contributed by atoms with Crippen molar-refractivity contribution in [3.05, 3.63) is 94.8 Å². The third-order valence-electron chi connectivity index (χ3n) is 4.16. The number of rotatable bonds is 7. The Morgan fingerprint density at radius 1 is 0.938 bits per heavy atom. The lowest BCUT2D eigenvalue weighted by Gasteiger charge is -2.08. The van der Waals surface area contributed by atoms with Gasteiger partial charge in [0, 0.05) is 16.4 Å². The lowest BCUT2D eigenvalue weighted by Crippen LogP contribution is -2.20. The summed E-state index contributed by atoms with van der Waals surface area (Å²) in [5.41, 5.74) is 1.45. The molecule has 3 aromatic carbocycles. The van der Waals surface area contributed by atoms with Crippen molar-refractivity contribution in [1.82, 2.24) is 0 Å². The van der Waals surface area contributed by atoms with E-state index >= 15 is 0 Å². The van der Waals surface area contributed by atoms with E-state index in [-0.39, 0.29) is 18.1 Å². The summed E-state index contributed by atoms with van der Waals surface area (Å²) in [6, 6.07) is 20.3. The predicted molar refractivity (Wildman–Crippen MR) is 121 cm³/mol. The van der Waals surface area contributed by atoms with Crippen LogP contribution in [0, 0.1) is 17.1 Å². The number of carbonyl (C=O) groups excluding carboxylic acids is 2. The zero-order valence-electron chi connectivity index (χ0n) is 16.6. The quantitative estimate of drug-likeness (QED) is 0.390. The molecule has 0 heterocycles. The van der Waals surface area contributed by atoms with E-state index in [2.05, 4.69) is 10.6 Å². The third-order valence-corrected chi connectivity index (χ3v) is 4.41. The molecule has 0 radical (unpaired) electrons. The maximum atomic E-state index is 13.0. The number of benzene rings is 3. The van der Waals surface area contributed by atoms with Gasteiger partial charge in [0.15, 0.2) is 6.61 Å². The number of hydrogen-bond acceptors (Lipinski definition) is 4. The van der Waals surface area contributed by atoms with E-state index < -0.39 is 11.7 Å². The van der Waals surface area contributed by atoms with Gasteiger partial charge in [0.05, 0.1) is 0 Å². The fourth-order valence-corrected chi connectivity index (χ4v) is 2.71. The Morgan fingerprint density at radius 3 is 2.16 bits per heavy atom. The summed E-state index contributed by atoms with van der Waals surface area (Å²) in [4.78, 5) is 24.3. The normalized spacial score (nSPS) is 10.7. The molecular formula is C24H17ClFN3O3. The second kappa shape index (κ2) is 10.8. The maximum absolute atomic E-state index is 13.0. The summed E-state index contributed by atoms with van der Waals surface area (Å²) in [7, 11) is 0. The molecule has 0 bridgehead atoms. The molecule has 3 rings (SSSR count). The molecule has 2 N–H and O–H groups in total. The molecule has 0 atom stereocenters. The molecule has 0 aliphatic carbocycles. The number of halogens is 2. The zero-order chi connectivity index (χ0) is 22.9. The van der Waals surface area contributed by atoms with Gasteiger partial charge in [-0.25, -0.2) is 4.39 Å². The highest BCUT2D eigenvalue weighted by molar-refractivity contribution is 6.30. The van der Waals surface area contributed by atoms with Gasteiger partial charge in [-0.2, -0.15) is 5.26 Å². The van der Waals surface area contributed by atoms with Gasteiger partial charge >= 0.3 is 0 Å². The maximum Gasteiger partial charge on any atom is 0.266 e. The molecule has 0 aromatic heterocycles. The molecule has 0 saturated carbocycles. The molecule has 160 valence electrons. The van der Waals surface area contributed by atoms with E-state index in [0.29, 0.717) is 27.7 Å². The molecule has 0 spiro atoms. The number of carbonyl (C=O) groups is 2. The van der Waals surface area contributed by atoms with E-state index in [4.69, 9.17) is 16.3 Å². The highest BCUT2D eigenvalue weighted by Gasteiger charge is 2.10. The van der Waals surface area contributed by atoms with Crippen LogP contribution in [0.4, 0.5) is 15.8 Å². The van der Waals surface area contributed by atoms with Crippen molar-refractivity contribution in [2.45, 2.75) is 0 Å². The molecule has 3 aromatic rings.